The molecule has 70 valence electrons. The lowest BCUT2D eigenvalue weighted by Gasteiger charge is -2.15. The Kier molecular flexibility index (Phi) is 4.37. The summed E-state index contributed by atoms with van der Waals surface area (Å²) >= 11 is 0. The van der Waals surface area contributed by atoms with Crippen LogP contribution in [0.25, 0.3) is 0 Å². The Morgan fingerprint density at radius 1 is 1.50 bits per heavy atom. The third-order valence-electron chi connectivity index (χ3n) is 2.38. The predicted octanol–water partition coefficient (Wildman–Crippen LogP) is 2.73. The van der Waals surface area contributed by atoms with Gasteiger partial charge in [0.25, 0.3) is 0 Å². The van der Waals surface area contributed by atoms with Crippen molar-refractivity contribution in [1.29, 1.82) is 0 Å². The number of rotatable bonds is 3. The largest absolute Gasteiger partial charge is 0.313 e. The summed E-state index contributed by atoms with van der Waals surface area (Å²) in [5.41, 5.74) is 1.63. The molecule has 1 rings (SSSR count). The molecule has 1 aliphatic rings. The highest BCUT2D eigenvalue weighted by Crippen LogP contribution is 2.12. The third kappa shape index (κ3) is 3.91. The van der Waals surface area contributed by atoms with Crippen LogP contribution in [0.15, 0.2) is 11.6 Å². The SMILES string of the molecule is CC(C)CC/C=C1/CCCNC1. The lowest BCUT2D eigenvalue weighted by molar-refractivity contribution is 0.579. The number of nitrogens with one attached hydrogen (secondary N) is 1. The van der Waals surface area contributed by atoms with Crippen LogP contribution in [0.5, 0.6) is 0 Å². The van der Waals surface area contributed by atoms with Crippen LogP contribution in [0.1, 0.15) is 39.5 Å². The fraction of sp³-hybridized carbons (Fsp3) is 0.818. The van der Waals surface area contributed by atoms with E-state index < -0.39 is 0 Å². The zero-order chi connectivity index (χ0) is 8.81. The van der Waals surface area contributed by atoms with E-state index in [0.717, 1.165) is 12.5 Å². The number of hydrogen-bond acceptors (Lipinski definition) is 1. The summed E-state index contributed by atoms with van der Waals surface area (Å²) in [6, 6.07) is 0. The molecule has 1 N–H and O–H groups in total. The first-order valence-corrected chi connectivity index (χ1v) is 5.17. The highest BCUT2D eigenvalue weighted by molar-refractivity contribution is 5.06. The zero-order valence-electron chi connectivity index (χ0n) is 8.40. The first-order chi connectivity index (χ1) is 5.79. The summed E-state index contributed by atoms with van der Waals surface area (Å²) in [5.74, 6) is 0.846. The van der Waals surface area contributed by atoms with Crippen LogP contribution in [0, 0.1) is 5.92 Å². The molecule has 1 saturated heterocycles. The molecule has 0 aliphatic carbocycles. The van der Waals surface area contributed by atoms with Crippen molar-refractivity contribution in [1.82, 2.24) is 5.32 Å². The van der Waals surface area contributed by atoms with Crippen molar-refractivity contribution >= 4 is 0 Å². The van der Waals surface area contributed by atoms with Crippen LogP contribution in [-0.4, -0.2) is 13.1 Å². The second kappa shape index (κ2) is 5.36. The maximum Gasteiger partial charge on any atom is 0.0164 e. The first-order valence-electron chi connectivity index (χ1n) is 5.17. The molecule has 0 aromatic rings. The van der Waals surface area contributed by atoms with E-state index in [-0.39, 0.29) is 0 Å². The number of piperidine rings is 1. The van der Waals surface area contributed by atoms with Gasteiger partial charge in [0.2, 0.25) is 0 Å². The molecule has 0 aromatic heterocycles. The van der Waals surface area contributed by atoms with E-state index >= 15 is 0 Å². The average Bonchev–Trinajstić information content (AvgIpc) is 2.05. The monoisotopic (exact) mass is 167 g/mol. The minimum atomic E-state index is 0.846. The van der Waals surface area contributed by atoms with Crippen molar-refractivity contribution in [3.8, 4) is 0 Å². The predicted molar refractivity (Wildman–Crippen MR) is 54.3 cm³/mol. The van der Waals surface area contributed by atoms with E-state index in [1.54, 1.807) is 5.57 Å². The summed E-state index contributed by atoms with van der Waals surface area (Å²) in [4.78, 5) is 0. The highest BCUT2D eigenvalue weighted by atomic mass is 14.9. The van der Waals surface area contributed by atoms with Gasteiger partial charge in [0, 0.05) is 6.54 Å². The van der Waals surface area contributed by atoms with Gasteiger partial charge < -0.3 is 5.32 Å². The van der Waals surface area contributed by atoms with Crippen molar-refractivity contribution in [3.05, 3.63) is 11.6 Å². The highest BCUT2D eigenvalue weighted by Gasteiger charge is 2.03. The molecule has 0 bridgehead atoms. The lowest BCUT2D eigenvalue weighted by Crippen LogP contribution is -2.23. The molecule has 1 heteroatoms. The lowest BCUT2D eigenvalue weighted by atomic mass is 10.0. The third-order valence-corrected chi connectivity index (χ3v) is 2.38. The minimum Gasteiger partial charge on any atom is -0.313 e. The van der Waals surface area contributed by atoms with Gasteiger partial charge in [-0.25, -0.2) is 0 Å². The van der Waals surface area contributed by atoms with Crippen LogP contribution in [0.3, 0.4) is 0 Å². The Labute approximate surface area is 76.2 Å². The van der Waals surface area contributed by atoms with Gasteiger partial charge in [0.1, 0.15) is 0 Å². The molecule has 1 fully saturated rings. The maximum absolute atomic E-state index is 3.40. The van der Waals surface area contributed by atoms with Crippen LogP contribution in [0.4, 0.5) is 0 Å². The molecular weight excluding hydrogens is 146 g/mol. The van der Waals surface area contributed by atoms with Crippen LogP contribution >= 0.6 is 0 Å². The van der Waals surface area contributed by atoms with Gasteiger partial charge in [-0.15, -0.1) is 0 Å². The van der Waals surface area contributed by atoms with Crippen LogP contribution in [-0.2, 0) is 0 Å². The van der Waals surface area contributed by atoms with Gasteiger partial charge in [0.15, 0.2) is 0 Å². The Morgan fingerprint density at radius 3 is 2.92 bits per heavy atom. The molecule has 1 nitrogen and oxygen atoms in total. The summed E-state index contributed by atoms with van der Waals surface area (Å²) < 4.78 is 0. The smallest absolute Gasteiger partial charge is 0.0164 e. The normalized spacial score (nSPS) is 22.1. The topological polar surface area (TPSA) is 12.0 Å². The maximum atomic E-state index is 3.40. The standard InChI is InChI=1S/C11H21N/c1-10(2)5-3-6-11-7-4-8-12-9-11/h6,10,12H,3-5,7-9H2,1-2H3/b11-6-. The van der Waals surface area contributed by atoms with Crippen LogP contribution < -0.4 is 5.32 Å². The fourth-order valence-electron chi connectivity index (χ4n) is 1.57. The van der Waals surface area contributed by atoms with Gasteiger partial charge >= 0.3 is 0 Å². The second-order valence-electron chi connectivity index (χ2n) is 4.11. The van der Waals surface area contributed by atoms with E-state index in [0.29, 0.717) is 0 Å². The molecule has 0 spiro atoms. The molecule has 1 aliphatic heterocycles. The molecular formula is C11H21N. The molecule has 0 atom stereocenters. The van der Waals surface area contributed by atoms with Crippen molar-refractivity contribution in [2.45, 2.75) is 39.5 Å². The first kappa shape index (κ1) is 9.79. The van der Waals surface area contributed by atoms with Crippen molar-refractivity contribution in [3.63, 3.8) is 0 Å². The summed E-state index contributed by atoms with van der Waals surface area (Å²) in [6.45, 7) is 6.93. The average molecular weight is 167 g/mol. The molecule has 0 saturated carbocycles. The second-order valence-corrected chi connectivity index (χ2v) is 4.11. The molecule has 0 radical (unpaired) electrons. The van der Waals surface area contributed by atoms with Crippen molar-refractivity contribution in [2.75, 3.05) is 13.1 Å². The Bertz CT molecular complexity index is 139. The molecule has 0 amide bonds. The van der Waals surface area contributed by atoms with Crippen LogP contribution in [0.2, 0.25) is 0 Å². The van der Waals surface area contributed by atoms with Gasteiger partial charge in [-0.3, -0.25) is 0 Å². The van der Waals surface area contributed by atoms with Gasteiger partial charge in [-0.2, -0.15) is 0 Å². The number of allylic oxidation sites excluding steroid dienone is 1. The van der Waals surface area contributed by atoms with Gasteiger partial charge in [-0.1, -0.05) is 25.5 Å². The number of hydrogen-bond donors (Lipinski definition) is 1. The Morgan fingerprint density at radius 2 is 2.33 bits per heavy atom. The van der Waals surface area contributed by atoms with Gasteiger partial charge in [-0.05, 0) is 38.1 Å². The summed E-state index contributed by atoms with van der Waals surface area (Å²) in [7, 11) is 0. The van der Waals surface area contributed by atoms with E-state index in [4.69, 9.17) is 0 Å². The van der Waals surface area contributed by atoms with E-state index in [1.807, 2.05) is 0 Å². The summed E-state index contributed by atoms with van der Waals surface area (Å²) in [5, 5.41) is 3.40. The Hall–Kier alpha value is -0.300. The minimum absolute atomic E-state index is 0.846. The molecule has 1 heterocycles. The molecule has 0 aromatic carbocycles. The van der Waals surface area contributed by atoms with Crippen molar-refractivity contribution in [2.24, 2.45) is 5.92 Å². The van der Waals surface area contributed by atoms with E-state index in [2.05, 4.69) is 25.2 Å². The van der Waals surface area contributed by atoms with E-state index in [1.165, 1.54) is 32.2 Å². The van der Waals surface area contributed by atoms with Gasteiger partial charge in [0.05, 0.1) is 0 Å². The quantitative estimate of drug-likeness (QED) is 0.637. The summed E-state index contributed by atoms with van der Waals surface area (Å²) in [6.07, 6.45) is 7.70. The zero-order valence-corrected chi connectivity index (χ0v) is 8.40. The molecule has 0 unspecified atom stereocenters. The fourth-order valence-corrected chi connectivity index (χ4v) is 1.57. The molecule has 12 heavy (non-hydrogen) atoms. The van der Waals surface area contributed by atoms with Crippen molar-refractivity contribution < 1.29 is 0 Å². The van der Waals surface area contributed by atoms with E-state index in [9.17, 15) is 0 Å². The Balaban J connectivity index is 2.16.